The van der Waals surface area contributed by atoms with Gasteiger partial charge in [0, 0.05) is 13.1 Å². The van der Waals surface area contributed by atoms with Crippen LogP contribution in [0.4, 0.5) is 5.13 Å². The molecule has 78 valence electrons. The van der Waals surface area contributed by atoms with Gasteiger partial charge in [0.1, 0.15) is 0 Å². The van der Waals surface area contributed by atoms with Crippen LogP contribution >= 0.6 is 27.3 Å². The lowest BCUT2D eigenvalue weighted by atomic mass is 10.2. The van der Waals surface area contributed by atoms with Gasteiger partial charge in [-0.3, -0.25) is 0 Å². The summed E-state index contributed by atoms with van der Waals surface area (Å²) in [4.78, 5) is 2.22. The third-order valence-corrected chi connectivity index (χ3v) is 3.50. The second-order valence-corrected chi connectivity index (χ2v) is 5.73. The van der Waals surface area contributed by atoms with Crippen LogP contribution < -0.4 is 4.90 Å². The number of aromatic nitrogens is 2. The maximum absolute atomic E-state index is 5.65. The number of morpholine rings is 1. The van der Waals surface area contributed by atoms with Gasteiger partial charge in [-0.1, -0.05) is 11.3 Å². The molecule has 1 aliphatic heterocycles. The number of halogens is 1. The molecule has 1 saturated heterocycles. The fraction of sp³-hybridized carbons (Fsp3) is 0.750. The van der Waals surface area contributed by atoms with Crippen molar-refractivity contribution in [3.05, 3.63) is 3.92 Å². The average molecular weight is 278 g/mol. The summed E-state index contributed by atoms with van der Waals surface area (Å²) >= 11 is 4.88. The van der Waals surface area contributed by atoms with Crippen molar-refractivity contribution in [2.45, 2.75) is 26.1 Å². The minimum absolute atomic E-state index is 0.265. The Morgan fingerprint density at radius 2 is 2.00 bits per heavy atom. The quantitative estimate of drug-likeness (QED) is 0.786. The van der Waals surface area contributed by atoms with Gasteiger partial charge < -0.3 is 9.64 Å². The largest absolute Gasteiger partial charge is 0.372 e. The zero-order valence-electron chi connectivity index (χ0n) is 8.11. The van der Waals surface area contributed by atoms with E-state index in [4.69, 9.17) is 4.74 Å². The molecule has 1 aromatic rings. The Bertz CT molecular complexity index is 309. The molecule has 0 N–H and O–H groups in total. The maximum atomic E-state index is 5.65. The van der Waals surface area contributed by atoms with Gasteiger partial charge in [-0.05, 0) is 29.8 Å². The van der Waals surface area contributed by atoms with Gasteiger partial charge in [-0.25, -0.2) is 0 Å². The zero-order valence-corrected chi connectivity index (χ0v) is 10.5. The molecule has 6 heteroatoms. The highest BCUT2D eigenvalue weighted by atomic mass is 79.9. The minimum Gasteiger partial charge on any atom is -0.372 e. The van der Waals surface area contributed by atoms with Crippen LogP contribution in [-0.4, -0.2) is 35.5 Å². The summed E-state index contributed by atoms with van der Waals surface area (Å²) < 4.78 is 6.48. The molecule has 2 atom stereocenters. The van der Waals surface area contributed by atoms with Gasteiger partial charge in [0.25, 0.3) is 0 Å². The lowest BCUT2D eigenvalue weighted by Crippen LogP contribution is -2.45. The van der Waals surface area contributed by atoms with Crippen LogP contribution in [0.5, 0.6) is 0 Å². The molecule has 1 aromatic heterocycles. The first-order valence-corrected chi connectivity index (χ1v) is 6.15. The summed E-state index contributed by atoms with van der Waals surface area (Å²) in [6.45, 7) is 5.95. The standard InChI is InChI=1S/C8H12BrN3OS/c1-5-3-12(4-6(2)13-5)8-11-10-7(9)14-8/h5-6H,3-4H2,1-2H3/t5-,6+. The predicted octanol–water partition coefficient (Wildman–Crippen LogP) is 1.91. The van der Waals surface area contributed by atoms with E-state index in [1.54, 1.807) is 11.3 Å². The van der Waals surface area contributed by atoms with Crippen molar-refractivity contribution in [1.29, 1.82) is 0 Å². The van der Waals surface area contributed by atoms with E-state index in [1.165, 1.54) is 0 Å². The molecule has 14 heavy (non-hydrogen) atoms. The Balaban J connectivity index is 2.10. The summed E-state index contributed by atoms with van der Waals surface area (Å²) in [5.74, 6) is 0. The number of anilines is 1. The first-order chi connectivity index (χ1) is 6.65. The lowest BCUT2D eigenvalue weighted by Gasteiger charge is -2.34. The number of nitrogens with zero attached hydrogens (tertiary/aromatic N) is 3. The topological polar surface area (TPSA) is 38.2 Å². The summed E-state index contributed by atoms with van der Waals surface area (Å²) in [5, 5.41) is 9.02. The van der Waals surface area contributed by atoms with E-state index >= 15 is 0 Å². The number of hydrogen-bond acceptors (Lipinski definition) is 5. The lowest BCUT2D eigenvalue weighted by molar-refractivity contribution is -0.00525. The van der Waals surface area contributed by atoms with Gasteiger partial charge >= 0.3 is 0 Å². The van der Waals surface area contributed by atoms with Crippen molar-refractivity contribution in [1.82, 2.24) is 10.2 Å². The maximum Gasteiger partial charge on any atom is 0.209 e. The third-order valence-electron chi connectivity index (χ3n) is 2.08. The SMILES string of the molecule is C[C@@H]1CN(c2nnc(Br)s2)C[C@H](C)O1. The van der Waals surface area contributed by atoms with E-state index < -0.39 is 0 Å². The van der Waals surface area contributed by atoms with Gasteiger partial charge in [0.15, 0.2) is 3.92 Å². The molecule has 0 unspecified atom stereocenters. The molecule has 0 spiro atoms. The smallest absolute Gasteiger partial charge is 0.209 e. The zero-order chi connectivity index (χ0) is 10.1. The van der Waals surface area contributed by atoms with Crippen molar-refractivity contribution in [2.24, 2.45) is 0 Å². The second-order valence-electron chi connectivity index (χ2n) is 3.50. The van der Waals surface area contributed by atoms with Crippen LogP contribution in [0, 0.1) is 0 Å². The molecule has 0 aromatic carbocycles. The van der Waals surface area contributed by atoms with Crippen LogP contribution in [-0.2, 0) is 4.74 Å². The first-order valence-electron chi connectivity index (χ1n) is 4.54. The first kappa shape index (κ1) is 10.3. The molecular formula is C8H12BrN3OS. The predicted molar refractivity (Wildman–Crippen MR) is 59.8 cm³/mol. The van der Waals surface area contributed by atoms with Crippen LogP contribution in [0.25, 0.3) is 0 Å². The summed E-state index contributed by atoms with van der Waals surface area (Å²) in [7, 11) is 0. The van der Waals surface area contributed by atoms with E-state index in [0.29, 0.717) is 0 Å². The summed E-state index contributed by atoms with van der Waals surface area (Å²) in [5.41, 5.74) is 0. The monoisotopic (exact) mass is 277 g/mol. The molecule has 2 rings (SSSR count). The molecule has 1 fully saturated rings. The van der Waals surface area contributed by atoms with Gasteiger partial charge in [-0.2, -0.15) is 0 Å². The molecule has 0 aliphatic carbocycles. The normalized spacial score (nSPS) is 28.1. The highest BCUT2D eigenvalue weighted by Crippen LogP contribution is 2.26. The Labute approximate surface area is 95.4 Å². The Kier molecular flexibility index (Phi) is 3.04. The van der Waals surface area contributed by atoms with E-state index in [2.05, 4.69) is 44.9 Å². The van der Waals surface area contributed by atoms with Crippen LogP contribution in [0.2, 0.25) is 0 Å². The molecule has 1 aliphatic rings. The van der Waals surface area contributed by atoms with Crippen LogP contribution in [0.15, 0.2) is 3.92 Å². The number of ether oxygens (including phenoxy) is 1. The molecule has 0 radical (unpaired) electrons. The molecular weight excluding hydrogens is 266 g/mol. The number of rotatable bonds is 1. The van der Waals surface area contributed by atoms with Crippen LogP contribution in [0.1, 0.15) is 13.8 Å². The molecule has 0 bridgehead atoms. The van der Waals surface area contributed by atoms with E-state index in [1.807, 2.05) is 0 Å². The Hall–Kier alpha value is -0.200. The van der Waals surface area contributed by atoms with Gasteiger partial charge in [-0.15, -0.1) is 10.2 Å². The fourth-order valence-electron chi connectivity index (χ4n) is 1.66. The van der Waals surface area contributed by atoms with E-state index in [-0.39, 0.29) is 12.2 Å². The highest BCUT2D eigenvalue weighted by Gasteiger charge is 2.24. The molecule has 2 heterocycles. The van der Waals surface area contributed by atoms with Crippen LogP contribution in [0.3, 0.4) is 0 Å². The van der Waals surface area contributed by atoms with E-state index in [9.17, 15) is 0 Å². The number of hydrogen-bond donors (Lipinski definition) is 0. The van der Waals surface area contributed by atoms with Crippen molar-refractivity contribution in [2.75, 3.05) is 18.0 Å². The van der Waals surface area contributed by atoms with Crippen molar-refractivity contribution in [3.63, 3.8) is 0 Å². The van der Waals surface area contributed by atoms with Crippen molar-refractivity contribution < 1.29 is 4.74 Å². The second kappa shape index (κ2) is 4.12. The minimum atomic E-state index is 0.265. The summed E-state index contributed by atoms with van der Waals surface area (Å²) in [6.07, 6.45) is 0.530. The molecule has 0 saturated carbocycles. The molecule has 0 amide bonds. The Morgan fingerprint density at radius 3 is 2.50 bits per heavy atom. The Morgan fingerprint density at radius 1 is 1.36 bits per heavy atom. The van der Waals surface area contributed by atoms with Crippen molar-refractivity contribution >= 4 is 32.4 Å². The fourth-order valence-corrected chi connectivity index (χ4v) is 2.77. The summed E-state index contributed by atoms with van der Waals surface area (Å²) in [6, 6.07) is 0. The third kappa shape index (κ3) is 2.24. The molecule has 4 nitrogen and oxygen atoms in total. The van der Waals surface area contributed by atoms with E-state index in [0.717, 1.165) is 22.1 Å². The highest BCUT2D eigenvalue weighted by molar-refractivity contribution is 9.11. The van der Waals surface area contributed by atoms with Gasteiger partial charge in [0.05, 0.1) is 12.2 Å². The van der Waals surface area contributed by atoms with Gasteiger partial charge in [0.2, 0.25) is 5.13 Å². The van der Waals surface area contributed by atoms with Crippen molar-refractivity contribution in [3.8, 4) is 0 Å². The average Bonchev–Trinajstić information content (AvgIpc) is 2.50.